The molecule has 9 heteroatoms. The molecule has 0 aromatic heterocycles. The minimum absolute atomic E-state index is 0.0820. The maximum atomic E-state index is 12.6. The molecule has 4 aromatic rings. The molecule has 0 radical (unpaired) electrons. The fourth-order valence-corrected chi connectivity index (χ4v) is 5.12. The summed E-state index contributed by atoms with van der Waals surface area (Å²) in [6.07, 6.45) is 1.30. The molecule has 0 saturated carbocycles. The van der Waals surface area contributed by atoms with E-state index in [-0.39, 0.29) is 17.7 Å². The number of carboxylic acids is 1. The Hall–Kier alpha value is -3.82. The lowest BCUT2D eigenvalue weighted by molar-refractivity contribution is -0.141. The summed E-state index contributed by atoms with van der Waals surface area (Å²) in [4.78, 5) is 24.8. The summed E-state index contributed by atoms with van der Waals surface area (Å²) in [5.74, 6) is 0.617. The number of amides is 1. The third-order valence-electron chi connectivity index (χ3n) is 6.87. The fourth-order valence-electron chi connectivity index (χ4n) is 4.23. The SMILES string of the molecule is CNc1ccc(OC)cc1.COc1ccc(N(C)C(=O)[C@@H](C)Cc2cccc(Br)c2)cc1.C[C@@H](Cc1cccc(Br)c1)C(=O)O. The van der Waals surface area contributed by atoms with Crippen molar-refractivity contribution in [3.8, 4) is 11.5 Å². The second-order valence-corrected chi connectivity index (χ2v) is 12.2. The molecule has 1 amide bonds. The first-order valence-electron chi connectivity index (χ1n) is 14.4. The Morgan fingerprint density at radius 1 is 0.756 bits per heavy atom. The summed E-state index contributed by atoms with van der Waals surface area (Å²) in [5.41, 5.74) is 4.16. The highest BCUT2D eigenvalue weighted by Crippen LogP contribution is 2.22. The number of nitrogens with zero attached hydrogens (tertiary/aromatic N) is 1. The van der Waals surface area contributed by atoms with E-state index >= 15 is 0 Å². The van der Waals surface area contributed by atoms with Crippen LogP contribution in [-0.2, 0) is 22.4 Å². The van der Waals surface area contributed by atoms with Crippen LogP contribution in [0.1, 0.15) is 25.0 Å². The molecule has 0 saturated heterocycles. The molecule has 0 bridgehead atoms. The van der Waals surface area contributed by atoms with E-state index in [4.69, 9.17) is 14.6 Å². The number of methoxy groups -OCH3 is 2. The van der Waals surface area contributed by atoms with Gasteiger partial charge >= 0.3 is 5.97 Å². The minimum Gasteiger partial charge on any atom is -0.497 e. The summed E-state index contributed by atoms with van der Waals surface area (Å²) in [5, 5.41) is 11.7. The van der Waals surface area contributed by atoms with Crippen molar-refractivity contribution in [3.63, 3.8) is 0 Å². The second-order valence-electron chi connectivity index (χ2n) is 10.4. The van der Waals surface area contributed by atoms with Crippen LogP contribution in [-0.4, -0.2) is 45.3 Å². The molecule has 240 valence electrons. The number of benzene rings is 4. The molecule has 7 nitrogen and oxygen atoms in total. The van der Waals surface area contributed by atoms with Gasteiger partial charge in [-0.25, -0.2) is 0 Å². The molecule has 2 N–H and O–H groups in total. The zero-order chi connectivity index (χ0) is 33.4. The number of rotatable bonds is 10. The topological polar surface area (TPSA) is 88.1 Å². The second kappa shape index (κ2) is 19.5. The Balaban J connectivity index is 0.000000259. The number of carboxylic acid groups (broad SMARTS) is 1. The third kappa shape index (κ3) is 13.4. The van der Waals surface area contributed by atoms with Gasteiger partial charge in [-0.15, -0.1) is 0 Å². The van der Waals surface area contributed by atoms with Gasteiger partial charge in [-0.05, 0) is 96.8 Å². The zero-order valence-electron chi connectivity index (χ0n) is 26.6. The number of hydrogen-bond donors (Lipinski definition) is 2. The fraction of sp³-hybridized carbons (Fsp3) is 0.278. The van der Waals surface area contributed by atoms with Crippen molar-refractivity contribution in [2.75, 3.05) is 38.5 Å². The van der Waals surface area contributed by atoms with Crippen LogP contribution < -0.4 is 19.7 Å². The van der Waals surface area contributed by atoms with Crippen LogP contribution >= 0.6 is 31.9 Å². The van der Waals surface area contributed by atoms with Gasteiger partial charge in [0, 0.05) is 40.3 Å². The van der Waals surface area contributed by atoms with Gasteiger partial charge in [-0.3, -0.25) is 9.59 Å². The van der Waals surface area contributed by atoms with E-state index in [1.54, 1.807) is 26.0 Å². The summed E-state index contributed by atoms with van der Waals surface area (Å²) >= 11 is 6.80. The van der Waals surface area contributed by atoms with Gasteiger partial charge in [-0.2, -0.15) is 0 Å². The smallest absolute Gasteiger partial charge is 0.306 e. The monoisotopic (exact) mass is 740 g/mol. The van der Waals surface area contributed by atoms with E-state index in [1.165, 1.54) is 0 Å². The van der Waals surface area contributed by atoms with Crippen molar-refractivity contribution in [2.24, 2.45) is 11.8 Å². The molecule has 45 heavy (non-hydrogen) atoms. The Labute approximate surface area is 283 Å². The van der Waals surface area contributed by atoms with Crippen LogP contribution in [0.2, 0.25) is 0 Å². The van der Waals surface area contributed by atoms with Crippen LogP contribution in [0, 0.1) is 11.8 Å². The number of halogens is 2. The quantitative estimate of drug-likeness (QED) is 0.169. The van der Waals surface area contributed by atoms with Crippen molar-refractivity contribution in [1.29, 1.82) is 0 Å². The van der Waals surface area contributed by atoms with E-state index in [0.29, 0.717) is 6.42 Å². The number of nitrogens with one attached hydrogen (secondary N) is 1. The van der Waals surface area contributed by atoms with E-state index in [9.17, 15) is 9.59 Å². The van der Waals surface area contributed by atoms with E-state index in [0.717, 1.165) is 49.4 Å². The first kappa shape index (κ1) is 37.4. The van der Waals surface area contributed by atoms with Crippen LogP contribution in [0.4, 0.5) is 11.4 Å². The number of anilines is 2. The van der Waals surface area contributed by atoms with Gasteiger partial charge in [0.25, 0.3) is 0 Å². The summed E-state index contributed by atoms with van der Waals surface area (Å²) < 4.78 is 12.1. The molecule has 4 aromatic carbocycles. The Kier molecular flexibility index (Phi) is 16.2. The van der Waals surface area contributed by atoms with Gasteiger partial charge in [-0.1, -0.05) is 70.0 Å². The summed E-state index contributed by atoms with van der Waals surface area (Å²) in [6, 6.07) is 31.1. The normalized spacial score (nSPS) is 11.4. The van der Waals surface area contributed by atoms with E-state index in [1.807, 2.05) is 112 Å². The maximum absolute atomic E-state index is 12.6. The summed E-state index contributed by atoms with van der Waals surface area (Å²) in [6.45, 7) is 3.67. The number of aliphatic carboxylic acids is 1. The predicted molar refractivity (Wildman–Crippen MR) is 191 cm³/mol. The molecule has 0 spiro atoms. The Bertz CT molecular complexity index is 1460. The van der Waals surface area contributed by atoms with Crippen LogP contribution in [0.15, 0.2) is 106 Å². The average molecular weight is 743 g/mol. The predicted octanol–water partition coefficient (Wildman–Crippen LogP) is 8.75. The first-order valence-corrected chi connectivity index (χ1v) is 16.0. The van der Waals surface area contributed by atoms with Gasteiger partial charge in [0.05, 0.1) is 20.1 Å². The largest absolute Gasteiger partial charge is 0.497 e. The van der Waals surface area contributed by atoms with Gasteiger partial charge < -0.3 is 24.8 Å². The number of hydrogen-bond acceptors (Lipinski definition) is 5. The molecule has 0 aliphatic heterocycles. The average Bonchev–Trinajstić information content (AvgIpc) is 3.04. The lowest BCUT2D eigenvalue weighted by Crippen LogP contribution is -2.32. The van der Waals surface area contributed by atoms with E-state index < -0.39 is 5.97 Å². The van der Waals surface area contributed by atoms with Gasteiger partial charge in [0.2, 0.25) is 5.91 Å². The maximum Gasteiger partial charge on any atom is 0.306 e. The van der Waals surface area contributed by atoms with Crippen molar-refractivity contribution in [3.05, 3.63) is 117 Å². The van der Waals surface area contributed by atoms with Gasteiger partial charge in [0.1, 0.15) is 11.5 Å². The van der Waals surface area contributed by atoms with Crippen molar-refractivity contribution >= 4 is 55.1 Å². The zero-order valence-corrected chi connectivity index (χ0v) is 29.8. The van der Waals surface area contributed by atoms with Crippen LogP contribution in [0.5, 0.6) is 11.5 Å². The molecule has 0 unspecified atom stereocenters. The lowest BCUT2D eigenvalue weighted by atomic mass is 10.00. The molecule has 0 fully saturated rings. The molecule has 2 atom stereocenters. The third-order valence-corrected chi connectivity index (χ3v) is 7.86. The number of carbonyl (C=O) groups is 2. The number of carbonyl (C=O) groups excluding carboxylic acids is 1. The minimum atomic E-state index is -0.750. The first-order chi connectivity index (χ1) is 21.5. The van der Waals surface area contributed by atoms with Crippen molar-refractivity contribution in [2.45, 2.75) is 26.7 Å². The molecule has 0 heterocycles. The lowest BCUT2D eigenvalue weighted by Gasteiger charge is -2.22. The highest BCUT2D eigenvalue weighted by atomic mass is 79.9. The summed E-state index contributed by atoms with van der Waals surface area (Å²) in [7, 11) is 6.99. The van der Waals surface area contributed by atoms with E-state index in [2.05, 4.69) is 43.2 Å². The standard InChI is InChI=1S/C18H20BrNO2.C10H11BrO2.C8H11NO/c1-13(11-14-5-4-6-15(19)12-14)18(21)20(2)16-7-9-17(22-3)10-8-16;1-7(10(12)13)5-8-3-2-4-9(11)6-8;1-9-7-3-5-8(10-2)6-4-7/h4-10,12-13H,11H2,1-3H3;2-4,6-7H,5H2,1H3,(H,12,13);3-6,9H,1-2H3/t13-;7-;/m00./s1. The molecule has 0 aliphatic rings. The molecular formula is C36H42Br2N2O5. The van der Waals surface area contributed by atoms with Gasteiger partial charge in [0.15, 0.2) is 0 Å². The highest BCUT2D eigenvalue weighted by molar-refractivity contribution is 9.10. The molecular weight excluding hydrogens is 700 g/mol. The molecule has 4 rings (SSSR count). The van der Waals surface area contributed by atoms with Crippen molar-refractivity contribution < 1.29 is 24.2 Å². The van der Waals surface area contributed by atoms with Crippen LogP contribution in [0.3, 0.4) is 0 Å². The Morgan fingerprint density at radius 2 is 1.20 bits per heavy atom. The van der Waals surface area contributed by atoms with Crippen LogP contribution in [0.25, 0.3) is 0 Å². The molecule has 0 aliphatic carbocycles. The Morgan fingerprint density at radius 3 is 1.60 bits per heavy atom. The van der Waals surface area contributed by atoms with Crippen molar-refractivity contribution in [1.82, 2.24) is 0 Å². The highest BCUT2D eigenvalue weighted by Gasteiger charge is 2.19. The number of ether oxygens (including phenoxy) is 2.